The van der Waals surface area contributed by atoms with Crippen LogP contribution in [0.25, 0.3) is 0 Å². The Bertz CT molecular complexity index is 432. The second-order valence-corrected chi connectivity index (χ2v) is 5.35. The maximum Gasteiger partial charge on any atom is 0.119 e. The maximum atomic E-state index is 8.63. The number of thiol groups is 1. The second-order valence-electron chi connectivity index (χ2n) is 5.04. The van der Waals surface area contributed by atoms with E-state index >= 15 is 0 Å². The van der Waals surface area contributed by atoms with Gasteiger partial charge in [-0.2, -0.15) is 17.9 Å². The fourth-order valence-corrected chi connectivity index (χ4v) is 2.59. The molecule has 3 nitrogen and oxygen atoms in total. The van der Waals surface area contributed by atoms with Crippen molar-refractivity contribution >= 4 is 12.6 Å². The molecule has 0 atom stereocenters. The lowest BCUT2D eigenvalue weighted by Gasteiger charge is -2.35. The summed E-state index contributed by atoms with van der Waals surface area (Å²) in [5.41, 5.74) is 1.15. The molecule has 1 aromatic carbocycles. The minimum atomic E-state index is 0.132. The van der Waals surface area contributed by atoms with Crippen molar-refractivity contribution in [3.63, 3.8) is 0 Å². The lowest BCUT2D eigenvalue weighted by Crippen LogP contribution is -2.36. The Morgan fingerprint density at radius 1 is 1.26 bits per heavy atom. The summed E-state index contributed by atoms with van der Waals surface area (Å²) in [7, 11) is 0. The van der Waals surface area contributed by atoms with E-state index in [9.17, 15) is 0 Å². The van der Waals surface area contributed by atoms with E-state index in [-0.39, 0.29) is 5.41 Å². The normalized spacial score (nSPS) is 17.7. The average molecular weight is 277 g/mol. The molecule has 102 valence electrons. The highest BCUT2D eigenvalue weighted by Gasteiger charge is 2.32. The van der Waals surface area contributed by atoms with Gasteiger partial charge in [0.25, 0.3) is 0 Å². The smallest absolute Gasteiger partial charge is 0.119 e. The SMILES string of the molecule is N#CCc1ccc(OCC2(CS)CCOCC2)cc1. The van der Waals surface area contributed by atoms with E-state index in [0.717, 1.165) is 43.1 Å². The van der Waals surface area contributed by atoms with E-state index in [1.54, 1.807) is 0 Å². The van der Waals surface area contributed by atoms with Gasteiger partial charge in [0.2, 0.25) is 0 Å². The van der Waals surface area contributed by atoms with Crippen LogP contribution >= 0.6 is 12.6 Å². The molecule has 0 N–H and O–H groups in total. The van der Waals surface area contributed by atoms with Crippen LogP contribution in [0.4, 0.5) is 0 Å². The van der Waals surface area contributed by atoms with Crippen molar-refractivity contribution in [2.24, 2.45) is 5.41 Å². The lowest BCUT2D eigenvalue weighted by molar-refractivity contribution is 0.00311. The standard InChI is InChI=1S/C15H19NO2S/c16-8-5-13-1-3-14(4-2-13)18-11-15(12-19)6-9-17-10-7-15/h1-4,19H,5-7,9-12H2. The number of ether oxygens (including phenoxy) is 2. The molecule has 1 aromatic rings. The fraction of sp³-hybridized carbons (Fsp3) is 0.533. The first-order chi connectivity index (χ1) is 9.28. The van der Waals surface area contributed by atoms with Crippen LogP contribution < -0.4 is 4.74 Å². The highest BCUT2D eigenvalue weighted by molar-refractivity contribution is 7.80. The summed E-state index contributed by atoms with van der Waals surface area (Å²) < 4.78 is 11.3. The summed E-state index contributed by atoms with van der Waals surface area (Å²) >= 11 is 4.47. The molecule has 0 spiro atoms. The summed E-state index contributed by atoms with van der Waals surface area (Å²) in [6.45, 7) is 2.27. The summed E-state index contributed by atoms with van der Waals surface area (Å²) in [6.07, 6.45) is 2.45. The minimum absolute atomic E-state index is 0.132. The number of nitrogens with zero attached hydrogens (tertiary/aromatic N) is 1. The van der Waals surface area contributed by atoms with Gasteiger partial charge >= 0.3 is 0 Å². The number of hydrogen-bond donors (Lipinski definition) is 1. The zero-order chi connectivity index (χ0) is 13.6. The molecular weight excluding hydrogens is 258 g/mol. The molecule has 4 heteroatoms. The van der Waals surface area contributed by atoms with Crippen LogP contribution in [0.3, 0.4) is 0 Å². The third kappa shape index (κ3) is 3.89. The van der Waals surface area contributed by atoms with Gasteiger partial charge < -0.3 is 9.47 Å². The van der Waals surface area contributed by atoms with E-state index in [0.29, 0.717) is 13.0 Å². The molecule has 1 fully saturated rings. The molecule has 19 heavy (non-hydrogen) atoms. The molecule has 0 saturated carbocycles. The monoisotopic (exact) mass is 277 g/mol. The Morgan fingerprint density at radius 3 is 2.53 bits per heavy atom. The lowest BCUT2D eigenvalue weighted by atomic mass is 9.83. The summed E-state index contributed by atoms with van der Waals surface area (Å²) in [4.78, 5) is 0. The van der Waals surface area contributed by atoms with Gasteiger partial charge in [-0.15, -0.1) is 0 Å². The first-order valence-corrected chi connectivity index (χ1v) is 7.19. The van der Waals surface area contributed by atoms with Gasteiger partial charge in [-0.3, -0.25) is 0 Å². The van der Waals surface area contributed by atoms with Crippen LogP contribution in [-0.2, 0) is 11.2 Å². The molecule has 1 saturated heterocycles. The van der Waals surface area contributed by atoms with Gasteiger partial charge in [0.05, 0.1) is 19.1 Å². The zero-order valence-corrected chi connectivity index (χ0v) is 11.9. The number of hydrogen-bond acceptors (Lipinski definition) is 4. The van der Waals surface area contributed by atoms with E-state index < -0.39 is 0 Å². The van der Waals surface area contributed by atoms with E-state index in [1.165, 1.54) is 0 Å². The third-order valence-electron chi connectivity index (χ3n) is 3.64. The van der Waals surface area contributed by atoms with Gasteiger partial charge in [-0.05, 0) is 36.3 Å². The number of rotatable bonds is 5. The largest absolute Gasteiger partial charge is 0.493 e. The Hall–Kier alpha value is -1.18. The topological polar surface area (TPSA) is 42.2 Å². The molecule has 1 heterocycles. The quantitative estimate of drug-likeness (QED) is 0.842. The van der Waals surface area contributed by atoms with Crippen LogP contribution in [0.15, 0.2) is 24.3 Å². The van der Waals surface area contributed by atoms with E-state index in [1.807, 2.05) is 24.3 Å². The summed E-state index contributed by atoms with van der Waals surface area (Å²) in [5, 5.41) is 8.63. The van der Waals surface area contributed by atoms with Crippen molar-refractivity contribution in [3.05, 3.63) is 29.8 Å². The van der Waals surface area contributed by atoms with Crippen LogP contribution in [0.5, 0.6) is 5.75 Å². The molecule has 0 aromatic heterocycles. The molecule has 2 rings (SSSR count). The molecule has 0 unspecified atom stereocenters. The molecular formula is C15H19NO2S. The predicted octanol–water partition coefficient (Wildman–Crippen LogP) is 2.86. The highest BCUT2D eigenvalue weighted by Crippen LogP contribution is 2.32. The first-order valence-electron chi connectivity index (χ1n) is 6.55. The van der Waals surface area contributed by atoms with E-state index in [4.69, 9.17) is 14.7 Å². The molecule has 1 aliphatic rings. The van der Waals surface area contributed by atoms with Crippen molar-refractivity contribution in [2.45, 2.75) is 19.3 Å². The average Bonchev–Trinajstić information content (AvgIpc) is 2.48. The van der Waals surface area contributed by atoms with Crippen LogP contribution in [0, 0.1) is 16.7 Å². The van der Waals surface area contributed by atoms with Gasteiger partial charge in [0.15, 0.2) is 0 Å². The Kier molecular flexibility index (Phi) is 5.12. The van der Waals surface area contributed by atoms with E-state index in [2.05, 4.69) is 18.7 Å². The molecule has 1 aliphatic heterocycles. The highest BCUT2D eigenvalue weighted by atomic mass is 32.1. The second kappa shape index (κ2) is 6.83. The van der Waals surface area contributed by atoms with Gasteiger partial charge in [-0.1, -0.05) is 12.1 Å². The van der Waals surface area contributed by atoms with Crippen molar-refractivity contribution in [3.8, 4) is 11.8 Å². The third-order valence-corrected chi connectivity index (χ3v) is 4.31. The Morgan fingerprint density at radius 2 is 1.95 bits per heavy atom. The van der Waals surface area contributed by atoms with Crippen LogP contribution in [-0.4, -0.2) is 25.6 Å². The summed E-state index contributed by atoms with van der Waals surface area (Å²) in [5.74, 6) is 1.68. The van der Waals surface area contributed by atoms with Crippen LogP contribution in [0.2, 0.25) is 0 Å². The molecule has 0 aliphatic carbocycles. The fourth-order valence-electron chi connectivity index (χ4n) is 2.18. The number of benzene rings is 1. The predicted molar refractivity (Wildman–Crippen MR) is 77.6 cm³/mol. The Labute approximate surface area is 119 Å². The Balaban J connectivity index is 1.92. The van der Waals surface area contributed by atoms with Gasteiger partial charge in [-0.25, -0.2) is 0 Å². The van der Waals surface area contributed by atoms with Crippen molar-refractivity contribution in [1.82, 2.24) is 0 Å². The van der Waals surface area contributed by atoms with Gasteiger partial charge in [0, 0.05) is 18.6 Å². The maximum absolute atomic E-state index is 8.63. The molecule has 0 radical (unpaired) electrons. The summed E-state index contributed by atoms with van der Waals surface area (Å²) in [6, 6.07) is 9.88. The van der Waals surface area contributed by atoms with Crippen molar-refractivity contribution < 1.29 is 9.47 Å². The number of nitriles is 1. The van der Waals surface area contributed by atoms with Crippen molar-refractivity contribution in [1.29, 1.82) is 5.26 Å². The zero-order valence-electron chi connectivity index (χ0n) is 11.0. The minimum Gasteiger partial charge on any atom is -0.493 e. The first kappa shape index (κ1) is 14.2. The molecule has 0 bridgehead atoms. The molecule has 0 amide bonds. The van der Waals surface area contributed by atoms with Crippen molar-refractivity contribution in [2.75, 3.05) is 25.6 Å². The van der Waals surface area contributed by atoms with Gasteiger partial charge in [0.1, 0.15) is 5.75 Å². The van der Waals surface area contributed by atoms with Crippen LogP contribution in [0.1, 0.15) is 18.4 Å².